The Hall–Kier alpha value is -1.63. The smallest absolute Gasteiger partial charge is 0.315 e. The third-order valence-corrected chi connectivity index (χ3v) is 3.64. The fourth-order valence-corrected chi connectivity index (χ4v) is 2.46. The highest BCUT2D eigenvalue weighted by Crippen LogP contribution is 2.44. The predicted molar refractivity (Wildman–Crippen MR) is 68.2 cm³/mol. The van der Waals surface area contributed by atoms with Crippen molar-refractivity contribution >= 4 is 11.6 Å². The Kier molecular flexibility index (Phi) is 3.99. The molecule has 4 nitrogen and oxygen atoms in total. The Labute approximate surface area is 115 Å². The van der Waals surface area contributed by atoms with E-state index < -0.39 is 17.5 Å². The van der Waals surface area contributed by atoms with Crippen molar-refractivity contribution in [1.82, 2.24) is 10.3 Å². The van der Waals surface area contributed by atoms with E-state index >= 15 is 0 Å². The largest absolute Gasteiger partial charge is 0.404 e. The number of hydrogen-bond donors (Lipinski definition) is 1. The maximum absolute atomic E-state index is 13.4. The molecule has 0 bridgehead atoms. The Bertz CT molecular complexity index is 469. The van der Waals surface area contributed by atoms with Crippen molar-refractivity contribution in [3.63, 3.8) is 0 Å². The molecule has 0 radical (unpaired) electrons. The molecule has 2 rings (SSSR count). The first-order chi connectivity index (χ1) is 9.42. The van der Waals surface area contributed by atoms with Crippen molar-refractivity contribution < 1.29 is 18.0 Å². The zero-order valence-electron chi connectivity index (χ0n) is 11.1. The number of amides is 1. The number of halogens is 3. The molecule has 1 aromatic rings. The average Bonchev–Trinajstić information content (AvgIpc) is 2.91. The fourth-order valence-electron chi connectivity index (χ4n) is 2.46. The molecule has 2 heterocycles. The lowest BCUT2D eigenvalue weighted by Gasteiger charge is -2.34. The zero-order chi connectivity index (χ0) is 14.8. The van der Waals surface area contributed by atoms with Crippen molar-refractivity contribution in [2.24, 2.45) is 5.41 Å². The number of carbonyl (C=O) groups is 1. The second-order valence-corrected chi connectivity index (χ2v) is 4.76. The summed E-state index contributed by atoms with van der Waals surface area (Å²) in [4.78, 5) is 17.5. The normalized spacial score (nSPS) is 22.8. The molecule has 1 aromatic heterocycles. The van der Waals surface area contributed by atoms with E-state index in [4.69, 9.17) is 0 Å². The highest BCUT2D eigenvalue weighted by atomic mass is 19.4. The number of pyridine rings is 1. The Balaban J connectivity index is 2.37. The van der Waals surface area contributed by atoms with Gasteiger partial charge in [0.15, 0.2) is 5.41 Å². The predicted octanol–water partition coefficient (Wildman–Crippen LogP) is 1.98. The maximum atomic E-state index is 13.4. The van der Waals surface area contributed by atoms with Gasteiger partial charge in [-0.15, -0.1) is 0 Å². The first-order valence-corrected chi connectivity index (χ1v) is 6.42. The summed E-state index contributed by atoms with van der Waals surface area (Å²) in [6.07, 6.45) is -1.87. The van der Waals surface area contributed by atoms with Crippen LogP contribution in [0.4, 0.5) is 18.9 Å². The standard InChI is InChI=1S/C13H16F3N3O/c1-2-19(10-3-6-17-7-4-10)11(20)12(13(14,15)16)5-8-18-9-12/h3-4,6-7,18H,2,5,8-9H2,1H3. The summed E-state index contributed by atoms with van der Waals surface area (Å²) in [6.45, 7) is 1.67. The number of nitrogens with one attached hydrogen (secondary N) is 1. The number of rotatable bonds is 3. The van der Waals surface area contributed by atoms with Crippen LogP contribution in [0.2, 0.25) is 0 Å². The number of nitrogens with zero attached hydrogens (tertiary/aromatic N) is 2. The van der Waals surface area contributed by atoms with E-state index in [-0.39, 0.29) is 26.1 Å². The van der Waals surface area contributed by atoms with E-state index in [9.17, 15) is 18.0 Å². The molecule has 0 saturated carbocycles. The highest BCUT2D eigenvalue weighted by Gasteiger charge is 2.62. The van der Waals surface area contributed by atoms with Crippen LogP contribution in [-0.4, -0.2) is 36.7 Å². The van der Waals surface area contributed by atoms with Gasteiger partial charge in [0.2, 0.25) is 5.91 Å². The first-order valence-electron chi connectivity index (χ1n) is 6.42. The molecule has 1 N–H and O–H groups in total. The van der Waals surface area contributed by atoms with E-state index in [1.165, 1.54) is 29.4 Å². The van der Waals surface area contributed by atoms with Crippen LogP contribution in [0.5, 0.6) is 0 Å². The molecule has 1 saturated heterocycles. The van der Waals surface area contributed by atoms with Crippen LogP contribution < -0.4 is 10.2 Å². The van der Waals surface area contributed by atoms with E-state index in [0.29, 0.717) is 5.69 Å². The molecule has 7 heteroatoms. The van der Waals surface area contributed by atoms with E-state index in [0.717, 1.165) is 0 Å². The molecule has 1 aliphatic rings. The SMILES string of the molecule is CCN(C(=O)C1(C(F)(F)F)CCNC1)c1ccncc1. The quantitative estimate of drug-likeness (QED) is 0.924. The summed E-state index contributed by atoms with van der Waals surface area (Å²) >= 11 is 0. The number of hydrogen-bond acceptors (Lipinski definition) is 3. The molecule has 1 amide bonds. The Morgan fingerprint density at radius 2 is 2.10 bits per heavy atom. The lowest BCUT2D eigenvalue weighted by molar-refractivity contribution is -0.214. The van der Waals surface area contributed by atoms with Crippen molar-refractivity contribution in [3.05, 3.63) is 24.5 Å². The summed E-state index contributed by atoms with van der Waals surface area (Å²) in [5.41, 5.74) is -1.89. The Morgan fingerprint density at radius 1 is 1.45 bits per heavy atom. The second kappa shape index (κ2) is 5.40. The third kappa shape index (κ3) is 2.37. The number of aromatic nitrogens is 1. The topological polar surface area (TPSA) is 45.2 Å². The van der Waals surface area contributed by atoms with Gasteiger partial charge in [-0.2, -0.15) is 13.2 Å². The first kappa shape index (κ1) is 14.8. The van der Waals surface area contributed by atoms with Crippen LogP contribution in [0.15, 0.2) is 24.5 Å². The van der Waals surface area contributed by atoms with Gasteiger partial charge in [0.1, 0.15) is 0 Å². The van der Waals surface area contributed by atoms with Crippen LogP contribution >= 0.6 is 0 Å². The molecule has 0 spiro atoms. The number of carbonyl (C=O) groups excluding carboxylic acids is 1. The molecule has 1 fully saturated rings. The lowest BCUT2D eigenvalue weighted by Crippen LogP contribution is -2.53. The van der Waals surface area contributed by atoms with Crippen molar-refractivity contribution in [2.75, 3.05) is 24.5 Å². The van der Waals surface area contributed by atoms with Crippen LogP contribution in [0, 0.1) is 5.41 Å². The summed E-state index contributed by atoms with van der Waals surface area (Å²) in [5.74, 6) is -0.899. The monoisotopic (exact) mass is 287 g/mol. The number of anilines is 1. The van der Waals surface area contributed by atoms with Crippen LogP contribution in [0.1, 0.15) is 13.3 Å². The van der Waals surface area contributed by atoms with Gasteiger partial charge in [0.05, 0.1) is 0 Å². The molecule has 20 heavy (non-hydrogen) atoms. The zero-order valence-corrected chi connectivity index (χ0v) is 11.1. The maximum Gasteiger partial charge on any atom is 0.404 e. The minimum Gasteiger partial charge on any atom is -0.315 e. The molecule has 1 atom stereocenters. The van der Waals surface area contributed by atoms with Gasteiger partial charge in [-0.25, -0.2) is 0 Å². The molecular formula is C13H16F3N3O. The van der Waals surface area contributed by atoms with Crippen LogP contribution in [0.3, 0.4) is 0 Å². The van der Waals surface area contributed by atoms with Gasteiger partial charge in [-0.05, 0) is 32.0 Å². The van der Waals surface area contributed by atoms with Gasteiger partial charge in [0.25, 0.3) is 0 Å². The molecule has 1 aliphatic heterocycles. The van der Waals surface area contributed by atoms with Crippen molar-refractivity contribution in [2.45, 2.75) is 19.5 Å². The minimum atomic E-state index is -4.56. The van der Waals surface area contributed by atoms with Gasteiger partial charge in [-0.1, -0.05) is 0 Å². The molecule has 110 valence electrons. The molecule has 0 aliphatic carbocycles. The van der Waals surface area contributed by atoms with Gasteiger partial charge in [0, 0.05) is 31.2 Å². The lowest BCUT2D eigenvalue weighted by atomic mass is 9.84. The minimum absolute atomic E-state index is 0.181. The van der Waals surface area contributed by atoms with E-state index in [2.05, 4.69) is 10.3 Å². The van der Waals surface area contributed by atoms with E-state index in [1.54, 1.807) is 6.92 Å². The van der Waals surface area contributed by atoms with Crippen molar-refractivity contribution in [1.29, 1.82) is 0 Å². The second-order valence-electron chi connectivity index (χ2n) is 4.76. The van der Waals surface area contributed by atoms with Crippen molar-refractivity contribution in [3.8, 4) is 0 Å². The van der Waals surface area contributed by atoms with Gasteiger partial charge in [-0.3, -0.25) is 9.78 Å². The molecule has 0 aromatic carbocycles. The summed E-state index contributed by atoms with van der Waals surface area (Å²) in [6, 6.07) is 3.07. The molecule has 1 unspecified atom stereocenters. The van der Waals surface area contributed by atoms with Gasteiger partial charge < -0.3 is 10.2 Å². The number of alkyl halides is 3. The summed E-state index contributed by atoms with van der Waals surface area (Å²) in [7, 11) is 0. The van der Waals surface area contributed by atoms with Gasteiger partial charge >= 0.3 is 6.18 Å². The summed E-state index contributed by atoms with van der Waals surface area (Å²) in [5, 5.41) is 2.65. The fraction of sp³-hybridized carbons (Fsp3) is 0.538. The third-order valence-electron chi connectivity index (χ3n) is 3.64. The average molecular weight is 287 g/mol. The van der Waals surface area contributed by atoms with Crippen LogP contribution in [-0.2, 0) is 4.79 Å². The molecular weight excluding hydrogens is 271 g/mol. The van der Waals surface area contributed by atoms with Crippen LogP contribution in [0.25, 0.3) is 0 Å². The van der Waals surface area contributed by atoms with E-state index in [1.807, 2.05) is 0 Å². The summed E-state index contributed by atoms with van der Waals surface area (Å²) < 4.78 is 40.1. The Morgan fingerprint density at radius 3 is 2.55 bits per heavy atom. The highest BCUT2D eigenvalue weighted by molar-refractivity contribution is 5.98.